The quantitative estimate of drug-likeness (QED) is 0.155. The molecule has 2 nitrogen and oxygen atoms in total. The number of hydrogen-bond donors (Lipinski definition) is 0. The summed E-state index contributed by atoms with van der Waals surface area (Å²) in [5, 5.41) is 12.1. The van der Waals surface area contributed by atoms with E-state index in [9.17, 15) is 0 Å². The molecule has 2 aromatic heterocycles. The highest BCUT2D eigenvalue weighted by molar-refractivity contribution is 7.25. The number of anilines is 3. The highest BCUT2D eigenvalue weighted by atomic mass is 32.1. The monoisotopic (exact) mass is 819 g/mol. The molecule has 0 saturated carbocycles. The Hall–Kier alpha value is -7.98. The minimum atomic E-state index is 0.864. The number of hydrogen-bond acceptors (Lipinski definition) is 3. The second-order valence-corrected chi connectivity index (χ2v) is 17.4. The van der Waals surface area contributed by atoms with Crippen LogP contribution in [-0.2, 0) is 0 Å². The van der Waals surface area contributed by atoms with Crippen LogP contribution in [0.3, 0.4) is 0 Å². The maximum atomic E-state index is 6.76. The molecule has 2 heterocycles. The van der Waals surface area contributed by atoms with Crippen LogP contribution in [0.5, 0.6) is 0 Å². The van der Waals surface area contributed by atoms with Gasteiger partial charge in [-0.15, -0.1) is 11.3 Å². The molecule has 0 unspecified atom stereocenters. The third-order valence-corrected chi connectivity index (χ3v) is 14.0. The van der Waals surface area contributed by atoms with E-state index >= 15 is 0 Å². The molecule has 0 N–H and O–H groups in total. The molecule has 3 heteroatoms. The normalized spacial score (nSPS) is 11.8. The van der Waals surface area contributed by atoms with E-state index in [1.54, 1.807) is 0 Å². The van der Waals surface area contributed by atoms with Crippen molar-refractivity contribution in [1.29, 1.82) is 0 Å². The molecule has 0 amide bonds. The van der Waals surface area contributed by atoms with Crippen molar-refractivity contribution in [3.8, 4) is 33.4 Å². The summed E-state index contributed by atoms with van der Waals surface area (Å²) in [5.41, 5.74) is 12.3. The number of nitrogens with zero attached hydrogens (tertiary/aromatic N) is 1. The summed E-state index contributed by atoms with van der Waals surface area (Å²) in [7, 11) is 0. The summed E-state index contributed by atoms with van der Waals surface area (Å²) >= 11 is 1.86. The Balaban J connectivity index is 1.02. The smallest absolute Gasteiger partial charge is 0.143 e. The molecule has 0 spiro atoms. The van der Waals surface area contributed by atoms with Gasteiger partial charge in [-0.25, -0.2) is 0 Å². The zero-order valence-electron chi connectivity index (χ0n) is 34.1. The van der Waals surface area contributed by atoms with E-state index in [-0.39, 0.29) is 0 Å². The fraction of sp³-hybridized carbons (Fsp3) is 0. The maximum Gasteiger partial charge on any atom is 0.143 e. The van der Waals surface area contributed by atoms with Crippen LogP contribution in [0.4, 0.5) is 17.1 Å². The molecule has 294 valence electrons. The standard InChI is InChI=1S/C60H37NOS/c1-2-15-40(16-3-1)56-48-20-8-6-18-46(48)47-19-7-9-21-49(47)57(56)41-30-35-43(36-31-41)61(52-24-13-25-53-59(52)51-37-32-38-14-4-5-17-45(38)60(51)62-53)42-33-28-39(29-34-42)44-23-12-27-55-58(44)50-22-10-11-26-54(50)63-55/h1-37H. The number of rotatable bonds is 6. The van der Waals surface area contributed by atoms with Crippen molar-refractivity contribution in [2.45, 2.75) is 0 Å². The van der Waals surface area contributed by atoms with Crippen molar-refractivity contribution in [2.75, 3.05) is 4.90 Å². The number of benzene rings is 11. The maximum absolute atomic E-state index is 6.76. The topological polar surface area (TPSA) is 16.4 Å². The number of furan rings is 1. The van der Waals surface area contributed by atoms with Gasteiger partial charge >= 0.3 is 0 Å². The van der Waals surface area contributed by atoms with Gasteiger partial charge in [0.2, 0.25) is 0 Å². The molecule has 0 aliphatic rings. The Labute approximate surface area is 368 Å². The summed E-state index contributed by atoms with van der Waals surface area (Å²) in [4.78, 5) is 2.40. The van der Waals surface area contributed by atoms with Gasteiger partial charge in [-0.1, -0.05) is 170 Å². The predicted octanol–water partition coefficient (Wildman–Crippen LogP) is 17.9. The summed E-state index contributed by atoms with van der Waals surface area (Å²) in [6.07, 6.45) is 0. The van der Waals surface area contributed by atoms with Gasteiger partial charge in [0.15, 0.2) is 0 Å². The van der Waals surface area contributed by atoms with E-state index in [1.807, 2.05) is 11.3 Å². The molecular weight excluding hydrogens is 783 g/mol. The summed E-state index contributed by atoms with van der Waals surface area (Å²) in [6, 6.07) is 81.7. The molecule has 0 fully saturated rings. The molecule has 11 aromatic carbocycles. The minimum Gasteiger partial charge on any atom is -0.455 e. The highest BCUT2D eigenvalue weighted by Crippen LogP contribution is 2.48. The van der Waals surface area contributed by atoms with Crippen molar-refractivity contribution >= 4 is 103 Å². The Morgan fingerprint density at radius 2 is 0.889 bits per heavy atom. The third-order valence-electron chi connectivity index (χ3n) is 12.9. The first-order valence-corrected chi connectivity index (χ1v) is 22.3. The predicted molar refractivity (Wildman–Crippen MR) is 270 cm³/mol. The third kappa shape index (κ3) is 5.64. The van der Waals surface area contributed by atoms with Gasteiger partial charge in [-0.2, -0.15) is 0 Å². The molecular formula is C60H37NOS. The first kappa shape index (κ1) is 35.7. The van der Waals surface area contributed by atoms with Crippen LogP contribution in [0.1, 0.15) is 0 Å². The Kier molecular flexibility index (Phi) is 8.12. The second-order valence-electron chi connectivity index (χ2n) is 16.3. The average Bonchev–Trinajstić information content (AvgIpc) is 3.94. The van der Waals surface area contributed by atoms with E-state index in [1.165, 1.54) is 75.1 Å². The largest absolute Gasteiger partial charge is 0.455 e. The van der Waals surface area contributed by atoms with Crippen molar-refractivity contribution < 1.29 is 4.42 Å². The lowest BCUT2D eigenvalue weighted by Gasteiger charge is -2.27. The second kappa shape index (κ2) is 14.3. The molecule has 0 aliphatic heterocycles. The van der Waals surface area contributed by atoms with Gasteiger partial charge < -0.3 is 9.32 Å². The molecule has 13 rings (SSSR count). The van der Waals surface area contributed by atoms with Gasteiger partial charge in [0.05, 0.1) is 11.1 Å². The highest BCUT2D eigenvalue weighted by Gasteiger charge is 2.22. The van der Waals surface area contributed by atoms with Gasteiger partial charge in [0, 0.05) is 42.3 Å². The summed E-state index contributed by atoms with van der Waals surface area (Å²) in [6.45, 7) is 0. The molecule has 0 atom stereocenters. The van der Waals surface area contributed by atoms with Crippen molar-refractivity contribution in [3.63, 3.8) is 0 Å². The molecule has 13 aromatic rings. The SMILES string of the molecule is c1ccc(-c2c(-c3ccc(N(c4ccc(-c5cccc6sc7ccccc7c56)cc4)c4cccc5oc6c7ccccc7ccc6c45)cc3)c3ccccc3c3ccccc23)cc1. The van der Waals surface area contributed by atoms with Crippen LogP contribution >= 0.6 is 11.3 Å². The molecule has 0 bridgehead atoms. The first-order valence-electron chi connectivity index (χ1n) is 21.5. The molecule has 0 saturated heterocycles. The molecule has 63 heavy (non-hydrogen) atoms. The van der Waals surface area contributed by atoms with Gasteiger partial charge in [0.1, 0.15) is 11.2 Å². The van der Waals surface area contributed by atoms with E-state index in [4.69, 9.17) is 4.42 Å². The summed E-state index contributed by atoms with van der Waals surface area (Å²) < 4.78 is 9.37. The van der Waals surface area contributed by atoms with Crippen LogP contribution in [0, 0.1) is 0 Å². The van der Waals surface area contributed by atoms with Crippen LogP contribution in [-0.4, -0.2) is 0 Å². The van der Waals surface area contributed by atoms with Crippen molar-refractivity contribution in [2.24, 2.45) is 0 Å². The van der Waals surface area contributed by atoms with Crippen molar-refractivity contribution in [3.05, 3.63) is 224 Å². The van der Waals surface area contributed by atoms with E-state index < -0.39 is 0 Å². The zero-order valence-corrected chi connectivity index (χ0v) is 34.9. The molecule has 0 aliphatic carbocycles. The van der Waals surface area contributed by atoms with E-state index in [0.29, 0.717) is 0 Å². The number of thiophene rings is 1. The van der Waals surface area contributed by atoms with Crippen LogP contribution in [0.25, 0.3) is 108 Å². The lowest BCUT2D eigenvalue weighted by Crippen LogP contribution is -2.10. The fourth-order valence-electron chi connectivity index (χ4n) is 10.1. The van der Waals surface area contributed by atoms with Gasteiger partial charge in [-0.3, -0.25) is 0 Å². The first-order chi connectivity index (χ1) is 31.3. The fourth-order valence-corrected chi connectivity index (χ4v) is 11.2. The lowest BCUT2D eigenvalue weighted by atomic mass is 9.85. The lowest BCUT2D eigenvalue weighted by molar-refractivity contribution is 0.672. The van der Waals surface area contributed by atoms with E-state index in [0.717, 1.165) is 49.8 Å². The molecule has 0 radical (unpaired) electrons. The average molecular weight is 820 g/mol. The van der Waals surface area contributed by atoms with Crippen LogP contribution in [0.2, 0.25) is 0 Å². The van der Waals surface area contributed by atoms with Gasteiger partial charge in [-0.05, 0) is 115 Å². The van der Waals surface area contributed by atoms with Crippen LogP contribution < -0.4 is 4.90 Å². The van der Waals surface area contributed by atoms with E-state index in [2.05, 4.69) is 229 Å². The zero-order chi connectivity index (χ0) is 41.4. The van der Waals surface area contributed by atoms with Gasteiger partial charge in [0.25, 0.3) is 0 Å². The Morgan fingerprint density at radius 3 is 1.60 bits per heavy atom. The Bertz CT molecular complexity index is 3900. The van der Waals surface area contributed by atoms with Crippen molar-refractivity contribution in [1.82, 2.24) is 0 Å². The van der Waals surface area contributed by atoms with Crippen LogP contribution in [0.15, 0.2) is 229 Å². The Morgan fingerprint density at radius 1 is 0.333 bits per heavy atom. The summed E-state index contributed by atoms with van der Waals surface area (Å²) in [5.74, 6) is 0. The minimum absolute atomic E-state index is 0.864. The number of fused-ring (bicyclic) bond motifs is 11.